The summed E-state index contributed by atoms with van der Waals surface area (Å²) in [6.45, 7) is 3.66. The van der Waals surface area contributed by atoms with Crippen LogP contribution < -0.4 is 4.31 Å². The van der Waals surface area contributed by atoms with Crippen LogP contribution in [0.25, 0.3) is 5.65 Å². The summed E-state index contributed by atoms with van der Waals surface area (Å²) in [7, 11) is -2.82. The molecular weight excluding hydrogens is 420 g/mol. The molecule has 1 aromatic carbocycles. The number of methoxy groups -OCH3 is 1. The van der Waals surface area contributed by atoms with Crippen LogP contribution in [0.1, 0.15) is 27.4 Å². The normalized spacial score (nSPS) is 11.6. The van der Waals surface area contributed by atoms with E-state index in [0.29, 0.717) is 5.69 Å². The number of hydrogen-bond acceptors (Lipinski definition) is 7. The van der Waals surface area contributed by atoms with E-state index in [2.05, 4.69) is 14.9 Å². The van der Waals surface area contributed by atoms with Gasteiger partial charge in [-0.2, -0.15) is 0 Å². The van der Waals surface area contributed by atoms with Crippen LogP contribution in [0.15, 0.2) is 64.3 Å². The Morgan fingerprint density at radius 2 is 1.90 bits per heavy atom. The number of anilines is 1. The SMILES string of the molecule is COC(=O)c1ccc(CN(c2cc(C)cc(C)c2)S(=O)(=O)c2cccn3cnnc23)o1. The van der Waals surface area contributed by atoms with Crippen molar-refractivity contribution in [3.05, 3.63) is 77.6 Å². The highest BCUT2D eigenvalue weighted by molar-refractivity contribution is 7.93. The van der Waals surface area contributed by atoms with E-state index in [0.717, 1.165) is 11.1 Å². The number of carbonyl (C=O) groups excluding carboxylic acids is 1. The summed E-state index contributed by atoms with van der Waals surface area (Å²) < 4.78 is 40.5. The van der Waals surface area contributed by atoms with Crippen LogP contribution in [0.2, 0.25) is 0 Å². The number of nitrogens with zero attached hydrogens (tertiary/aromatic N) is 4. The van der Waals surface area contributed by atoms with Crippen LogP contribution in [0.5, 0.6) is 0 Å². The van der Waals surface area contributed by atoms with Gasteiger partial charge in [-0.3, -0.25) is 8.71 Å². The molecule has 4 aromatic rings. The van der Waals surface area contributed by atoms with Crippen molar-refractivity contribution in [3.63, 3.8) is 0 Å². The first kappa shape index (κ1) is 20.6. The molecule has 0 unspecified atom stereocenters. The molecule has 10 heteroatoms. The molecule has 0 radical (unpaired) electrons. The van der Waals surface area contributed by atoms with Gasteiger partial charge in [-0.05, 0) is 61.4 Å². The summed E-state index contributed by atoms with van der Waals surface area (Å²) in [5, 5.41) is 7.78. The third-order valence-corrected chi connectivity index (χ3v) is 6.49. The highest BCUT2D eigenvalue weighted by atomic mass is 32.2. The first-order chi connectivity index (χ1) is 14.8. The van der Waals surface area contributed by atoms with Gasteiger partial charge in [-0.15, -0.1) is 10.2 Å². The number of ether oxygens (including phenoxy) is 1. The minimum Gasteiger partial charge on any atom is -0.463 e. The number of fused-ring (bicyclic) bond motifs is 1. The van der Waals surface area contributed by atoms with Crippen molar-refractivity contribution in [1.29, 1.82) is 0 Å². The third-order valence-electron chi connectivity index (χ3n) is 4.70. The number of carbonyl (C=O) groups is 1. The van der Waals surface area contributed by atoms with Crippen LogP contribution in [0, 0.1) is 13.8 Å². The monoisotopic (exact) mass is 440 g/mol. The highest BCUT2D eigenvalue weighted by Crippen LogP contribution is 2.29. The van der Waals surface area contributed by atoms with Crippen LogP contribution in [-0.2, 0) is 21.3 Å². The van der Waals surface area contributed by atoms with Crippen LogP contribution in [0.4, 0.5) is 5.69 Å². The van der Waals surface area contributed by atoms with Gasteiger partial charge in [0.05, 0.1) is 19.3 Å². The zero-order chi connectivity index (χ0) is 22.2. The molecule has 0 aliphatic carbocycles. The second kappa shape index (κ2) is 7.88. The van der Waals surface area contributed by atoms with Gasteiger partial charge in [0.2, 0.25) is 5.76 Å². The molecule has 3 aromatic heterocycles. The van der Waals surface area contributed by atoms with E-state index < -0.39 is 16.0 Å². The molecule has 4 rings (SSSR count). The fourth-order valence-corrected chi connectivity index (χ4v) is 4.92. The van der Waals surface area contributed by atoms with Crippen molar-refractivity contribution in [3.8, 4) is 0 Å². The third kappa shape index (κ3) is 3.89. The lowest BCUT2D eigenvalue weighted by Crippen LogP contribution is -2.31. The minimum absolute atomic E-state index is 0.00479. The van der Waals surface area contributed by atoms with Gasteiger partial charge in [0.1, 0.15) is 17.0 Å². The average Bonchev–Trinajstić information content (AvgIpc) is 3.39. The molecule has 0 saturated heterocycles. The Kier molecular flexibility index (Phi) is 5.24. The Labute approximate surface area is 178 Å². The smallest absolute Gasteiger partial charge is 0.373 e. The van der Waals surface area contributed by atoms with E-state index in [1.165, 1.54) is 34.3 Å². The Morgan fingerprint density at radius 1 is 1.16 bits per heavy atom. The molecule has 3 heterocycles. The maximum absolute atomic E-state index is 13.8. The Bertz CT molecular complexity index is 1350. The summed E-state index contributed by atoms with van der Waals surface area (Å²) in [6, 6.07) is 11.6. The topological polar surface area (TPSA) is 107 Å². The van der Waals surface area contributed by atoms with Gasteiger partial charge in [0.25, 0.3) is 10.0 Å². The predicted octanol–water partition coefficient (Wildman–Crippen LogP) is 3.12. The lowest BCUT2D eigenvalue weighted by atomic mass is 10.1. The van der Waals surface area contributed by atoms with E-state index >= 15 is 0 Å². The predicted molar refractivity (Wildman–Crippen MR) is 112 cm³/mol. The molecular formula is C21H20N4O5S. The zero-order valence-corrected chi connectivity index (χ0v) is 18.0. The van der Waals surface area contributed by atoms with Gasteiger partial charge < -0.3 is 9.15 Å². The Balaban J connectivity index is 1.85. The number of furan rings is 1. The Hall–Kier alpha value is -3.66. The molecule has 0 saturated carbocycles. The number of sulfonamides is 1. The maximum atomic E-state index is 13.8. The molecule has 0 bridgehead atoms. The van der Waals surface area contributed by atoms with Crippen molar-refractivity contribution in [2.45, 2.75) is 25.3 Å². The molecule has 31 heavy (non-hydrogen) atoms. The molecule has 0 N–H and O–H groups in total. The Morgan fingerprint density at radius 3 is 2.61 bits per heavy atom. The van der Waals surface area contributed by atoms with Crippen molar-refractivity contribution in [1.82, 2.24) is 14.6 Å². The lowest BCUT2D eigenvalue weighted by molar-refractivity contribution is 0.0563. The molecule has 0 amide bonds. The first-order valence-corrected chi connectivity index (χ1v) is 10.8. The summed E-state index contributed by atoms with van der Waals surface area (Å²) in [5.41, 5.74) is 2.50. The molecule has 0 fully saturated rings. The summed E-state index contributed by atoms with van der Waals surface area (Å²) in [6.07, 6.45) is 3.11. The fourth-order valence-electron chi connectivity index (χ4n) is 3.37. The van der Waals surface area contributed by atoms with E-state index in [-0.39, 0.29) is 28.6 Å². The number of benzene rings is 1. The standard InChI is InChI=1S/C21H20N4O5S/c1-14-9-15(2)11-16(10-14)25(12-17-6-7-18(30-17)21(26)29-3)31(27,28)19-5-4-8-24-13-22-23-20(19)24/h4-11,13H,12H2,1-3H3. The van der Waals surface area contributed by atoms with Crippen molar-refractivity contribution >= 4 is 27.3 Å². The van der Waals surface area contributed by atoms with E-state index in [1.807, 2.05) is 19.9 Å². The number of rotatable bonds is 6. The van der Waals surface area contributed by atoms with E-state index in [4.69, 9.17) is 4.42 Å². The van der Waals surface area contributed by atoms with Gasteiger partial charge in [0, 0.05) is 6.20 Å². The maximum Gasteiger partial charge on any atom is 0.373 e. The van der Waals surface area contributed by atoms with Crippen LogP contribution in [0.3, 0.4) is 0 Å². The molecule has 160 valence electrons. The largest absolute Gasteiger partial charge is 0.463 e. The summed E-state index contributed by atoms with van der Waals surface area (Å²) in [4.78, 5) is 11.7. The zero-order valence-electron chi connectivity index (χ0n) is 17.1. The van der Waals surface area contributed by atoms with Gasteiger partial charge >= 0.3 is 5.97 Å². The quantitative estimate of drug-likeness (QED) is 0.424. The molecule has 0 aliphatic heterocycles. The number of pyridine rings is 1. The number of hydrogen-bond donors (Lipinski definition) is 0. The number of aromatic nitrogens is 3. The minimum atomic E-state index is -4.07. The second-order valence-corrected chi connectivity index (χ2v) is 8.88. The van der Waals surface area contributed by atoms with Crippen molar-refractivity contribution < 1.29 is 22.4 Å². The van der Waals surface area contributed by atoms with Crippen LogP contribution in [-0.4, -0.2) is 36.1 Å². The fraction of sp³-hybridized carbons (Fsp3) is 0.190. The van der Waals surface area contributed by atoms with E-state index in [9.17, 15) is 13.2 Å². The highest BCUT2D eigenvalue weighted by Gasteiger charge is 2.30. The summed E-state index contributed by atoms with van der Waals surface area (Å²) >= 11 is 0. The average molecular weight is 440 g/mol. The second-order valence-electron chi connectivity index (χ2n) is 7.05. The van der Waals surface area contributed by atoms with Gasteiger partial charge in [-0.25, -0.2) is 13.2 Å². The van der Waals surface area contributed by atoms with Gasteiger partial charge in [-0.1, -0.05) is 6.07 Å². The van der Waals surface area contributed by atoms with Gasteiger partial charge in [0.15, 0.2) is 5.65 Å². The number of aryl methyl sites for hydroxylation is 2. The molecule has 0 atom stereocenters. The number of esters is 1. The molecule has 9 nitrogen and oxygen atoms in total. The lowest BCUT2D eigenvalue weighted by Gasteiger charge is -2.24. The molecule has 0 spiro atoms. The summed E-state index contributed by atoms with van der Waals surface area (Å²) in [5.74, 6) is -0.355. The van der Waals surface area contributed by atoms with Crippen LogP contribution >= 0.6 is 0 Å². The van der Waals surface area contributed by atoms with Crippen molar-refractivity contribution in [2.24, 2.45) is 0 Å². The van der Waals surface area contributed by atoms with E-state index in [1.54, 1.807) is 30.5 Å². The molecule has 0 aliphatic rings. The first-order valence-electron chi connectivity index (χ1n) is 9.36. The van der Waals surface area contributed by atoms with Crippen molar-refractivity contribution in [2.75, 3.05) is 11.4 Å².